The Morgan fingerprint density at radius 1 is 1.39 bits per heavy atom. The highest BCUT2D eigenvalue weighted by atomic mass is 16.2. The summed E-state index contributed by atoms with van der Waals surface area (Å²) in [6, 6.07) is 10.9. The molecule has 1 fully saturated rings. The van der Waals surface area contributed by atoms with E-state index in [0.29, 0.717) is 12.5 Å². The van der Waals surface area contributed by atoms with Crippen LogP contribution in [0.5, 0.6) is 0 Å². The first-order chi connectivity index (χ1) is 8.79. The molecule has 3 nitrogen and oxygen atoms in total. The van der Waals surface area contributed by atoms with E-state index in [1.165, 1.54) is 12.0 Å². The van der Waals surface area contributed by atoms with Gasteiger partial charge in [0.15, 0.2) is 0 Å². The van der Waals surface area contributed by atoms with Crippen LogP contribution < -0.4 is 5.32 Å². The fourth-order valence-corrected chi connectivity index (χ4v) is 2.45. The number of hydrogen-bond acceptors (Lipinski definition) is 2. The fourth-order valence-electron chi connectivity index (χ4n) is 2.45. The normalized spacial score (nSPS) is 19.8. The molecule has 1 aliphatic heterocycles. The van der Waals surface area contributed by atoms with Crippen LogP contribution in [0.3, 0.4) is 0 Å². The lowest BCUT2D eigenvalue weighted by Crippen LogP contribution is -2.47. The monoisotopic (exact) mass is 246 g/mol. The largest absolute Gasteiger partial charge is 0.341 e. The number of piperidine rings is 1. The smallest absolute Gasteiger partial charge is 0.222 e. The van der Waals surface area contributed by atoms with Crippen molar-refractivity contribution in [2.75, 3.05) is 13.1 Å². The number of nitrogens with zero attached hydrogens (tertiary/aromatic N) is 1. The summed E-state index contributed by atoms with van der Waals surface area (Å²) >= 11 is 0. The fraction of sp³-hybridized carbons (Fsp3) is 0.533. The number of nitrogens with one attached hydrogen (secondary N) is 1. The summed E-state index contributed by atoms with van der Waals surface area (Å²) in [5.41, 5.74) is 1.30. The molecule has 1 aromatic carbocycles. The van der Waals surface area contributed by atoms with Gasteiger partial charge in [-0.2, -0.15) is 0 Å². The molecule has 0 spiro atoms. The third-order valence-electron chi connectivity index (χ3n) is 3.51. The van der Waals surface area contributed by atoms with Crippen LogP contribution in [0.15, 0.2) is 30.3 Å². The molecule has 1 aromatic rings. The number of rotatable bonds is 4. The van der Waals surface area contributed by atoms with Crippen LogP contribution >= 0.6 is 0 Å². The van der Waals surface area contributed by atoms with Gasteiger partial charge in [0, 0.05) is 32.1 Å². The summed E-state index contributed by atoms with van der Waals surface area (Å²) in [6.07, 6.45) is 2.89. The molecular formula is C15H22N2O. The first-order valence-electron chi connectivity index (χ1n) is 6.84. The molecule has 1 atom stereocenters. The molecule has 1 unspecified atom stereocenters. The van der Waals surface area contributed by atoms with Crippen molar-refractivity contribution in [2.45, 2.75) is 38.8 Å². The minimum Gasteiger partial charge on any atom is -0.341 e. The Bertz CT molecular complexity index is 377. The van der Waals surface area contributed by atoms with Gasteiger partial charge in [0.25, 0.3) is 0 Å². The number of hydrogen-bond donors (Lipinski definition) is 1. The maximum atomic E-state index is 11.7. The lowest BCUT2D eigenvalue weighted by atomic mass is 10.0. The van der Waals surface area contributed by atoms with Crippen LogP contribution in [-0.4, -0.2) is 29.9 Å². The van der Waals surface area contributed by atoms with Crippen LogP contribution in [0, 0.1) is 0 Å². The molecule has 0 saturated carbocycles. The van der Waals surface area contributed by atoms with E-state index in [1.807, 2.05) is 17.9 Å². The van der Waals surface area contributed by atoms with Crippen molar-refractivity contribution in [1.29, 1.82) is 0 Å². The van der Waals surface area contributed by atoms with Crippen molar-refractivity contribution in [3.8, 4) is 0 Å². The Hall–Kier alpha value is -1.35. The lowest BCUT2D eigenvalue weighted by Gasteiger charge is -2.33. The molecule has 0 bridgehead atoms. The van der Waals surface area contributed by atoms with Crippen LogP contribution in [0.1, 0.15) is 31.7 Å². The molecule has 3 heteroatoms. The van der Waals surface area contributed by atoms with Crippen LogP contribution in [0.25, 0.3) is 0 Å². The predicted octanol–water partition coefficient (Wildman–Crippen LogP) is 2.18. The van der Waals surface area contributed by atoms with E-state index in [4.69, 9.17) is 0 Å². The Morgan fingerprint density at radius 3 is 2.89 bits per heavy atom. The Balaban J connectivity index is 1.81. The van der Waals surface area contributed by atoms with Crippen molar-refractivity contribution in [1.82, 2.24) is 10.2 Å². The van der Waals surface area contributed by atoms with Gasteiger partial charge in [-0.3, -0.25) is 4.79 Å². The van der Waals surface area contributed by atoms with Gasteiger partial charge in [-0.1, -0.05) is 37.3 Å². The third-order valence-corrected chi connectivity index (χ3v) is 3.51. The summed E-state index contributed by atoms with van der Waals surface area (Å²) in [5.74, 6) is 0.279. The van der Waals surface area contributed by atoms with Gasteiger partial charge < -0.3 is 10.2 Å². The molecule has 0 aromatic heterocycles. The summed E-state index contributed by atoms with van der Waals surface area (Å²) in [6.45, 7) is 4.61. The van der Waals surface area contributed by atoms with Gasteiger partial charge in [-0.05, 0) is 18.4 Å². The van der Waals surface area contributed by atoms with Gasteiger partial charge in [0.1, 0.15) is 0 Å². The molecule has 2 rings (SSSR count). The molecule has 1 aliphatic rings. The number of benzene rings is 1. The van der Waals surface area contributed by atoms with E-state index >= 15 is 0 Å². The lowest BCUT2D eigenvalue weighted by molar-refractivity contribution is -0.132. The Kier molecular flexibility index (Phi) is 4.76. The molecule has 1 amide bonds. The third kappa shape index (κ3) is 3.57. The van der Waals surface area contributed by atoms with Crippen LogP contribution in [0.4, 0.5) is 0 Å². The standard InChI is InChI=1S/C15H22N2O/c1-2-15(18)17-10-6-9-14(12-17)16-11-13-7-4-3-5-8-13/h3-5,7-8,14,16H,2,6,9-12H2,1H3. The highest BCUT2D eigenvalue weighted by Gasteiger charge is 2.21. The number of likely N-dealkylation sites (tertiary alicyclic amines) is 1. The molecule has 18 heavy (non-hydrogen) atoms. The zero-order chi connectivity index (χ0) is 12.8. The minimum absolute atomic E-state index is 0.279. The van der Waals surface area contributed by atoms with Crippen LogP contribution in [0.2, 0.25) is 0 Å². The topological polar surface area (TPSA) is 32.3 Å². The number of carbonyl (C=O) groups is 1. The highest BCUT2D eigenvalue weighted by Crippen LogP contribution is 2.12. The average molecular weight is 246 g/mol. The highest BCUT2D eigenvalue weighted by molar-refractivity contribution is 5.75. The molecular weight excluding hydrogens is 224 g/mol. The molecule has 0 aliphatic carbocycles. The van der Waals surface area contributed by atoms with E-state index in [-0.39, 0.29) is 5.91 Å². The second-order valence-corrected chi connectivity index (χ2v) is 4.90. The van der Waals surface area contributed by atoms with E-state index in [1.54, 1.807) is 0 Å². The van der Waals surface area contributed by atoms with Crippen molar-refractivity contribution < 1.29 is 4.79 Å². The zero-order valence-corrected chi connectivity index (χ0v) is 11.1. The first-order valence-corrected chi connectivity index (χ1v) is 6.84. The number of carbonyl (C=O) groups excluding carboxylic acids is 1. The summed E-state index contributed by atoms with van der Waals surface area (Å²) in [7, 11) is 0. The van der Waals surface area contributed by atoms with Gasteiger partial charge in [-0.25, -0.2) is 0 Å². The second-order valence-electron chi connectivity index (χ2n) is 4.90. The summed E-state index contributed by atoms with van der Waals surface area (Å²) < 4.78 is 0. The van der Waals surface area contributed by atoms with Crippen molar-refractivity contribution in [3.05, 3.63) is 35.9 Å². The SMILES string of the molecule is CCC(=O)N1CCCC(NCc2ccccc2)C1. The van der Waals surface area contributed by atoms with Gasteiger partial charge in [0.05, 0.1) is 0 Å². The van der Waals surface area contributed by atoms with Crippen molar-refractivity contribution in [2.24, 2.45) is 0 Å². The van der Waals surface area contributed by atoms with E-state index in [0.717, 1.165) is 26.1 Å². The van der Waals surface area contributed by atoms with Gasteiger partial charge >= 0.3 is 0 Å². The molecule has 1 N–H and O–H groups in total. The molecule has 1 saturated heterocycles. The van der Waals surface area contributed by atoms with E-state index in [9.17, 15) is 4.79 Å². The number of amides is 1. The molecule has 98 valence electrons. The van der Waals surface area contributed by atoms with E-state index < -0.39 is 0 Å². The molecule has 1 heterocycles. The minimum atomic E-state index is 0.279. The van der Waals surface area contributed by atoms with Crippen molar-refractivity contribution >= 4 is 5.91 Å². The average Bonchev–Trinajstić information content (AvgIpc) is 2.45. The summed E-state index contributed by atoms with van der Waals surface area (Å²) in [5, 5.41) is 3.55. The van der Waals surface area contributed by atoms with Crippen LogP contribution in [-0.2, 0) is 11.3 Å². The Labute approximate surface area is 109 Å². The van der Waals surface area contributed by atoms with E-state index in [2.05, 4.69) is 29.6 Å². The maximum Gasteiger partial charge on any atom is 0.222 e. The summed E-state index contributed by atoms with van der Waals surface area (Å²) in [4.78, 5) is 13.7. The van der Waals surface area contributed by atoms with Gasteiger partial charge in [0.2, 0.25) is 5.91 Å². The Morgan fingerprint density at radius 2 is 2.17 bits per heavy atom. The predicted molar refractivity (Wildman–Crippen MR) is 73.2 cm³/mol. The molecule has 0 radical (unpaired) electrons. The van der Waals surface area contributed by atoms with Crippen molar-refractivity contribution in [3.63, 3.8) is 0 Å². The first kappa shape index (κ1) is 13.1. The quantitative estimate of drug-likeness (QED) is 0.883. The second kappa shape index (κ2) is 6.55. The van der Waals surface area contributed by atoms with Gasteiger partial charge in [-0.15, -0.1) is 0 Å². The zero-order valence-electron chi connectivity index (χ0n) is 11.1. The maximum absolute atomic E-state index is 11.7.